The van der Waals surface area contributed by atoms with Crippen LogP contribution in [-0.2, 0) is 14.4 Å². The maximum atomic E-state index is 11.9. The van der Waals surface area contributed by atoms with Crippen LogP contribution in [0.1, 0.15) is 12.8 Å². The van der Waals surface area contributed by atoms with E-state index < -0.39 is 49.1 Å². The van der Waals surface area contributed by atoms with Gasteiger partial charge in [0.25, 0.3) is 0 Å². The minimum absolute atomic E-state index is 0.0816. The Morgan fingerprint density at radius 1 is 1.00 bits per heavy atom. The second-order valence-electron chi connectivity index (χ2n) is 4.88. The first-order chi connectivity index (χ1) is 11.2. The molecule has 0 bridgehead atoms. The first-order valence-electron chi connectivity index (χ1n) is 7.09. The Balaban J connectivity index is 4.47. The normalized spacial score (nSPS) is 14.1. The molecule has 24 heavy (non-hydrogen) atoms. The summed E-state index contributed by atoms with van der Waals surface area (Å²) in [7, 11) is 0. The molecule has 0 spiro atoms. The fourth-order valence-electron chi connectivity index (χ4n) is 1.58. The van der Waals surface area contributed by atoms with Crippen molar-refractivity contribution in [3.8, 4) is 0 Å². The minimum atomic E-state index is -1.54. The summed E-state index contributed by atoms with van der Waals surface area (Å²) in [5.41, 5.74) is 15.9. The summed E-state index contributed by atoms with van der Waals surface area (Å²) in [6.07, 6.45) is 0.658. The van der Waals surface area contributed by atoms with Gasteiger partial charge in [0.1, 0.15) is 12.1 Å². The number of carbonyl (C=O) groups excluding carboxylic acids is 2. The molecule has 0 aromatic rings. The van der Waals surface area contributed by atoms with Crippen LogP contribution in [0.15, 0.2) is 4.99 Å². The molecule has 2 amide bonds. The predicted octanol–water partition coefficient (Wildman–Crippen LogP) is -4.59. The second kappa shape index (κ2) is 11.2. The van der Waals surface area contributed by atoms with Gasteiger partial charge in [0, 0.05) is 6.54 Å². The highest BCUT2D eigenvalue weighted by Crippen LogP contribution is 1.97. The van der Waals surface area contributed by atoms with E-state index in [1.807, 2.05) is 5.32 Å². The molecule has 0 aliphatic carbocycles. The average Bonchev–Trinajstić information content (AvgIpc) is 2.52. The van der Waals surface area contributed by atoms with Crippen LogP contribution < -0.4 is 27.8 Å². The van der Waals surface area contributed by atoms with Crippen LogP contribution in [0.25, 0.3) is 0 Å². The fraction of sp³-hybridized carbons (Fsp3) is 0.667. The Bertz CT molecular complexity index is 467. The molecule has 0 saturated heterocycles. The largest absolute Gasteiger partial charge is 0.480 e. The van der Waals surface area contributed by atoms with E-state index >= 15 is 0 Å². The molecule has 138 valence electrons. The van der Waals surface area contributed by atoms with Gasteiger partial charge in [-0.2, -0.15) is 0 Å². The molecule has 0 saturated carbocycles. The number of carboxylic acids is 1. The standard InChI is InChI=1S/C12H24N6O6/c13-6(2-1-3-16-12(14)15)9(21)17-7(4-19)10(22)18-8(5-20)11(23)24/h6-8,19-20H,1-5,13H2,(H,17,21)(H,18,22)(H,23,24)(H4,14,15,16). The van der Waals surface area contributed by atoms with Crippen molar-refractivity contribution in [3.05, 3.63) is 0 Å². The van der Waals surface area contributed by atoms with Crippen LogP contribution in [-0.4, -0.2) is 76.9 Å². The number of hydrogen-bond donors (Lipinski definition) is 8. The summed E-state index contributed by atoms with van der Waals surface area (Å²) >= 11 is 0. The van der Waals surface area contributed by atoms with Gasteiger partial charge in [-0.3, -0.25) is 14.6 Å². The molecule has 0 aliphatic rings. The highest BCUT2D eigenvalue weighted by molar-refractivity contribution is 5.91. The average molecular weight is 348 g/mol. The zero-order valence-electron chi connectivity index (χ0n) is 13.0. The van der Waals surface area contributed by atoms with E-state index in [9.17, 15) is 14.4 Å². The van der Waals surface area contributed by atoms with Crippen molar-refractivity contribution in [2.45, 2.75) is 31.0 Å². The highest BCUT2D eigenvalue weighted by atomic mass is 16.4. The topological polar surface area (TPSA) is 226 Å². The molecule has 12 heteroatoms. The van der Waals surface area contributed by atoms with E-state index in [1.165, 1.54) is 0 Å². The number of nitrogens with two attached hydrogens (primary N) is 3. The number of aliphatic imine (C=N–C) groups is 1. The van der Waals surface area contributed by atoms with E-state index in [4.69, 9.17) is 32.5 Å². The maximum Gasteiger partial charge on any atom is 0.328 e. The van der Waals surface area contributed by atoms with Crippen molar-refractivity contribution in [2.75, 3.05) is 19.8 Å². The Morgan fingerprint density at radius 2 is 1.54 bits per heavy atom. The number of aliphatic hydroxyl groups excluding tert-OH is 2. The van der Waals surface area contributed by atoms with E-state index in [1.54, 1.807) is 0 Å². The Hall–Kier alpha value is -2.44. The van der Waals surface area contributed by atoms with Crippen molar-refractivity contribution < 1.29 is 29.7 Å². The number of carboxylic acid groups (broad SMARTS) is 1. The molecule has 0 fully saturated rings. The van der Waals surface area contributed by atoms with Crippen molar-refractivity contribution in [1.82, 2.24) is 10.6 Å². The number of hydrogen-bond acceptors (Lipinski definition) is 7. The number of nitrogens with zero attached hydrogens (tertiary/aromatic N) is 1. The van der Waals surface area contributed by atoms with Crippen LogP contribution in [0.5, 0.6) is 0 Å². The minimum Gasteiger partial charge on any atom is -0.480 e. The van der Waals surface area contributed by atoms with Crippen LogP contribution in [0, 0.1) is 0 Å². The van der Waals surface area contributed by atoms with E-state index in [0.29, 0.717) is 6.42 Å². The third-order valence-corrected chi connectivity index (χ3v) is 2.92. The van der Waals surface area contributed by atoms with Crippen molar-refractivity contribution in [2.24, 2.45) is 22.2 Å². The lowest BCUT2D eigenvalue weighted by molar-refractivity contribution is -0.143. The van der Waals surface area contributed by atoms with E-state index in [2.05, 4.69) is 10.3 Å². The Labute approximate surface area is 138 Å². The van der Waals surface area contributed by atoms with Crippen LogP contribution in [0.4, 0.5) is 0 Å². The molecule has 12 nitrogen and oxygen atoms in total. The first-order valence-corrected chi connectivity index (χ1v) is 7.09. The Morgan fingerprint density at radius 3 is 2.00 bits per heavy atom. The van der Waals surface area contributed by atoms with Gasteiger partial charge in [-0.1, -0.05) is 0 Å². The third-order valence-electron chi connectivity index (χ3n) is 2.92. The molecule has 3 unspecified atom stereocenters. The van der Waals surface area contributed by atoms with Gasteiger partial charge in [0.2, 0.25) is 11.8 Å². The number of amides is 2. The number of guanidine groups is 1. The van der Waals surface area contributed by atoms with Crippen LogP contribution >= 0.6 is 0 Å². The number of aliphatic hydroxyl groups is 2. The number of aliphatic carboxylic acids is 1. The monoisotopic (exact) mass is 348 g/mol. The van der Waals surface area contributed by atoms with Crippen molar-refractivity contribution in [3.63, 3.8) is 0 Å². The molecular weight excluding hydrogens is 324 g/mol. The van der Waals surface area contributed by atoms with Gasteiger partial charge >= 0.3 is 5.97 Å². The van der Waals surface area contributed by atoms with E-state index in [-0.39, 0.29) is 18.9 Å². The summed E-state index contributed by atoms with van der Waals surface area (Å²) in [4.78, 5) is 38.1. The van der Waals surface area contributed by atoms with Crippen molar-refractivity contribution >= 4 is 23.7 Å². The highest BCUT2D eigenvalue weighted by Gasteiger charge is 2.26. The lowest BCUT2D eigenvalue weighted by atomic mass is 10.1. The molecule has 0 radical (unpaired) electrons. The Kier molecular flexibility index (Phi) is 10.0. The van der Waals surface area contributed by atoms with Gasteiger partial charge in [0.15, 0.2) is 5.96 Å². The van der Waals surface area contributed by atoms with Crippen LogP contribution in [0.2, 0.25) is 0 Å². The van der Waals surface area contributed by atoms with Crippen LogP contribution in [0.3, 0.4) is 0 Å². The zero-order valence-corrected chi connectivity index (χ0v) is 13.0. The molecule has 0 heterocycles. The number of nitrogens with one attached hydrogen (secondary N) is 2. The number of rotatable bonds is 11. The van der Waals surface area contributed by atoms with Gasteiger partial charge in [-0.25, -0.2) is 4.79 Å². The lowest BCUT2D eigenvalue weighted by Gasteiger charge is -2.20. The predicted molar refractivity (Wildman–Crippen MR) is 83.6 cm³/mol. The SMILES string of the molecule is NC(N)=NCCCC(N)C(=O)NC(CO)C(=O)NC(CO)C(=O)O. The smallest absolute Gasteiger partial charge is 0.328 e. The molecule has 3 atom stereocenters. The van der Waals surface area contributed by atoms with Gasteiger partial charge in [-0.05, 0) is 12.8 Å². The lowest BCUT2D eigenvalue weighted by Crippen LogP contribution is -2.56. The molecule has 0 aliphatic heterocycles. The fourth-order valence-corrected chi connectivity index (χ4v) is 1.58. The number of carbonyl (C=O) groups is 3. The summed E-state index contributed by atoms with van der Waals surface area (Å²) in [6, 6.07) is -3.90. The quantitative estimate of drug-likeness (QED) is 0.102. The van der Waals surface area contributed by atoms with Gasteiger partial charge < -0.3 is 43.2 Å². The molecule has 11 N–H and O–H groups in total. The molecule has 0 aromatic carbocycles. The van der Waals surface area contributed by atoms with Crippen molar-refractivity contribution in [1.29, 1.82) is 0 Å². The van der Waals surface area contributed by atoms with Gasteiger partial charge in [-0.15, -0.1) is 0 Å². The van der Waals surface area contributed by atoms with Gasteiger partial charge in [0.05, 0.1) is 19.3 Å². The first kappa shape index (κ1) is 21.6. The van der Waals surface area contributed by atoms with E-state index in [0.717, 1.165) is 0 Å². The molecular formula is C12H24N6O6. The summed E-state index contributed by atoms with van der Waals surface area (Å²) in [5, 5.41) is 30.9. The summed E-state index contributed by atoms with van der Waals surface area (Å²) < 4.78 is 0. The maximum absolute atomic E-state index is 11.9. The zero-order chi connectivity index (χ0) is 18.7. The molecule has 0 aromatic heterocycles. The summed E-state index contributed by atoms with van der Waals surface area (Å²) in [6.45, 7) is -1.32. The summed E-state index contributed by atoms with van der Waals surface area (Å²) in [5.74, 6) is -3.20. The molecule has 0 rings (SSSR count). The third kappa shape index (κ3) is 8.26. The second-order valence-corrected chi connectivity index (χ2v) is 4.88.